The van der Waals surface area contributed by atoms with Gasteiger partial charge in [-0.1, -0.05) is 11.6 Å². The molecule has 1 aliphatic carbocycles. The second-order valence-electron chi connectivity index (χ2n) is 6.81. The summed E-state index contributed by atoms with van der Waals surface area (Å²) in [6.07, 6.45) is 2.63. The number of rotatable bonds is 4. The SMILES string of the molecule is CC(C)(C)OC(=O)Nc1ccc(Cl)cc1CC1(CN)CC1. The minimum Gasteiger partial charge on any atom is -0.444 e. The van der Waals surface area contributed by atoms with Crippen LogP contribution >= 0.6 is 11.6 Å². The van der Waals surface area contributed by atoms with Crippen molar-refractivity contribution in [2.75, 3.05) is 11.9 Å². The second-order valence-corrected chi connectivity index (χ2v) is 7.25. The molecule has 4 nitrogen and oxygen atoms in total. The smallest absolute Gasteiger partial charge is 0.412 e. The number of nitrogens with two attached hydrogens (primary N) is 1. The van der Waals surface area contributed by atoms with Crippen LogP contribution in [0.15, 0.2) is 18.2 Å². The fourth-order valence-electron chi connectivity index (χ4n) is 2.28. The van der Waals surface area contributed by atoms with Gasteiger partial charge >= 0.3 is 6.09 Å². The summed E-state index contributed by atoms with van der Waals surface area (Å²) in [4.78, 5) is 11.9. The van der Waals surface area contributed by atoms with E-state index in [2.05, 4.69) is 5.32 Å². The number of carbonyl (C=O) groups excluding carboxylic acids is 1. The van der Waals surface area contributed by atoms with Crippen LogP contribution in [-0.2, 0) is 11.2 Å². The molecule has 2 rings (SSSR count). The van der Waals surface area contributed by atoms with Crippen LogP contribution < -0.4 is 11.1 Å². The predicted molar refractivity (Wildman–Crippen MR) is 85.7 cm³/mol. The van der Waals surface area contributed by atoms with Gasteiger partial charge in [0.15, 0.2) is 0 Å². The number of halogens is 1. The fraction of sp³-hybridized carbons (Fsp3) is 0.562. The fourth-order valence-corrected chi connectivity index (χ4v) is 2.47. The Morgan fingerprint density at radius 2 is 2.10 bits per heavy atom. The van der Waals surface area contributed by atoms with Crippen molar-refractivity contribution in [3.8, 4) is 0 Å². The normalized spacial score (nSPS) is 16.4. The first-order valence-electron chi connectivity index (χ1n) is 7.22. The van der Waals surface area contributed by atoms with E-state index in [1.54, 1.807) is 6.07 Å². The van der Waals surface area contributed by atoms with E-state index >= 15 is 0 Å². The van der Waals surface area contributed by atoms with Gasteiger partial charge in [0.2, 0.25) is 0 Å². The standard InChI is InChI=1S/C16H23ClN2O2/c1-15(2,3)21-14(20)19-13-5-4-12(17)8-11(13)9-16(10-18)6-7-16/h4-5,8H,6-7,9-10,18H2,1-3H3,(H,19,20). The predicted octanol–water partition coefficient (Wildman–Crippen LogP) is 3.97. The Bertz CT molecular complexity index is 534. The van der Waals surface area contributed by atoms with Gasteiger partial charge in [0.05, 0.1) is 0 Å². The van der Waals surface area contributed by atoms with Gasteiger partial charge in [-0.3, -0.25) is 5.32 Å². The van der Waals surface area contributed by atoms with Gasteiger partial charge in [-0.2, -0.15) is 0 Å². The van der Waals surface area contributed by atoms with Crippen molar-refractivity contribution in [1.82, 2.24) is 0 Å². The van der Waals surface area contributed by atoms with Crippen LogP contribution in [0.5, 0.6) is 0 Å². The second kappa shape index (κ2) is 5.85. The molecule has 21 heavy (non-hydrogen) atoms. The van der Waals surface area contributed by atoms with Crippen molar-refractivity contribution in [1.29, 1.82) is 0 Å². The summed E-state index contributed by atoms with van der Waals surface area (Å²) >= 11 is 6.08. The molecule has 116 valence electrons. The Morgan fingerprint density at radius 1 is 1.43 bits per heavy atom. The van der Waals surface area contributed by atoms with Crippen molar-refractivity contribution in [2.24, 2.45) is 11.1 Å². The van der Waals surface area contributed by atoms with Gasteiger partial charge in [-0.15, -0.1) is 0 Å². The molecule has 0 saturated heterocycles. The Morgan fingerprint density at radius 3 is 2.62 bits per heavy atom. The van der Waals surface area contributed by atoms with E-state index in [1.165, 1.54) is 0 Å². The zero-order valence-electron chi connectivity index (χ0n) is 12.8. The zero-order valence-corrected chi connectivity index (χ0v) is 13.6. The summed E-state index contributed by atoms with van der Waals surface area (Å²) in [5, 5.41) is 3.47. The van der Waals surface area contributed by atoms with E-state index in [0.717, 1.165) is 30.5 Å². The van der Waals surface area contributed by atoms with Gasteiger partial charge in [0, 0.05) is 10.7 Å². The Labute approximate surface area is 131 Å². The summed E-state index contributed by atoms with van der Waals surface area (Å²) in [5.41, 5.74) is 7.25. The van der Waals surface area contributed by atoms with E-state index < -0.39 is 11.7 Å². The monoisotopic (exact) mass is 310 g/mol. The van der Waals surface area contributed by atoms with Crippen molar-refractivity contribution < 1.29 is 9.53 Å². The maximum absolute atomic E-state index is 11.9. The number of hydrogen-bond donors (Lipinski definition) is 2. The van der Waals surface area contributed by atoms with Gasteiger partial charge in [0.25, 0.3) is 0 Å². The lowest BCUT2D eigenvalue weighted by Crippen LogP contribution is -2.28. The summed E-state index contributed by atoms with van der Waals surface area (Å²) in [5.74, 6) is 0. The minimum atomic E-state index is -0.522. The molecule has 1 fully saturated rings. The summed E-state index contributed by atoms with van der Waals surface area (Å²) < 4.78 is 5.29. The highest BCUT2D eigenvalue weighted by molar-refractivity contribution is 6.30. The first kappa shape index (κ1) is 16.1. The molecule has 5 heteroatoms. The van der Waals surface area contributed by atoms with Crippen molar-refractivity contribution in [2.45, 2.75) is 45.6 Å². The number of nitrogens with one attached hydrogen (secondary N) is 1. The van der Waals surface area contributed by atoms with Crippen LogP contribution in [0.2, 0.25) is 5.02 Å². The molecule has 0 aromatic heterocycles. The van der Waals surface area contributed by atoms with E-state index in [-0.39, 0.29) is 5.41 Å². The largest absolute Gasteiger partial charge is 0.444 e. The summed E-state index contributed by atoms with van der Waals surface area (Å²) in [6.45, 7) is 6.17. The summed E-state index contributed by atoms with van der Waals surface area (Å²) in [7, 11) is 0. The highest BCUT2D eigenvalue weighted by Gasteiger charge is 2.41. The van der Waals surface area contributed by atoms with Crippen LogP contribution in [0.25, 0.3) is 0 Å². The highest BCUT2D eigenvalue weighted by atomic mass is 35.5. The van der Waals surface area contributed by atoms with Crippen molar-refractivity contribution in [3.05, 3.63) is 28.8 Å². The number of benzene rings is 1. The average Bonchev–Trinajstić information content (AvgIpc) is 3.11. The number of amides is 1. The van der Waals surface area contributed by atoms with Gasteiger partial charge in [-0.05, 0) is 75.8 Å². The molecular weight excluding hydrogens is 288 g/mol. The Hall–Kier alpha value is -1.26. The lowest BCUT2D eigenvalue weighted by Gasteiger charge is -2.21. The van der Waals surface area contributed by atoms with Crippen LogP contribution in [-0.4, -0.2) is 18.2 Å². The molecule has 3 N–H and O–H groups in total. The Kier molecular flexibility index (Phi) is 4.49. The molecule has 0 atom stereocenters. The zero-order chi connectivity index (χ0) is 15.7. The lowest BCUT2D eigenvalue weighted by atomic mass is 9.95. The maximum Gasteiger partial charge on any atom is 0.412 e. The van der Waals surface area contributed by atoms with Crippen LogP contribution in [0, 0.1) is 5.41 Å². The van der Waals surface area contributed by atoms with Gasteiger partial charge in [-0.25, -0.2) is 4.79 Å². The first-order valence-corrected chi connectivity index (χ1v) is 7.59. The molecule has 0 bridgehead atoms. The average molecular weight is 311 g/mol. The summed E-state index contributed by atoms with van der Waals surface area (Å²) in [6, 6.07) is 5.47. The van der Waals surface area contributed by atoms with Crippen molar-refractivity contribution in [3.63, 3.8) is 0 Å². The van der Waals surface area contributed by atoms with Crippen LogP contribution in [0.4, 0.5) is 10.5 Å². The molecule has 1 aromatic carbocycles. The third-order valence-electron chi connectivity index (χ3n) is 3.66. The lowest BCUT2D eigenvalue weighted by molar-refractivity contribution is 0.0635. The third-order valence-corrected chi connectivity index (χ3v) is 3.89. The molecule has 1 saturated carbocycles. The quantitative estimate of drug-likeness (QED) is 0.884. The van der Waals surface area contributed by atoms with E-state index in [1.807, 2.05) is 32.9 Å². The van der Waals surface area contributed by atoms with E-state index in [0.29, 0.717) is 11.6 Å². The van der Waals surface area contributed by atoms with Crippen molar-refractivity contribution >= 4 is 23.4 Å². The molecule has 0 spiro atoms. The van der Waals surface area contributed by atoms with E-state index in [9.17, 15) is 4.79 Å². The number of carbonyl (C=O) groups is 1. The molecule has 1 aliphatic rings. The minimum absolute atomic E-state index is 0.176. The molecule has 1 amide bonds. The maximum atomic E-state index is 11.9. The molecule has 0 aliphatic heterocycles. The molecule has 0 radical (unpaired) electrons. The topological polar surface area (TPSA) is 64.3 Å². The number of hydrogen-bond acceptors (Lipinski definition) is 3. The molecule has 1 aromatic rings. The number of anilines is 1. The van der Waals surface area contributed by atoms with E-state index in [4.69, 9.17) is 22.1 Å². The molecule has 0 heterocycles. The van der Waals surface area contributed by atoms with Gasteiger partial charge in [0.1, 0.15) is 5.60 Å². The third kappa shape index (κ3) is 4.61. The number of ether oxygens (including phenoxy) is 1. The molecule has 0 unspecified atom stereocenters. The highest BCUT2D eigenvalue weighted by Crippen LogP contribution is 2.48. The van der Waals surface area contributed by atoms with Crippen LogP contribution in [0.3, 0.4) is 0 Å². The molecular formula is C16H23ClN2O2. The Balaban J connectivity index is 2.13. The van der Waals surface area contributed by atoms with Gasteiger partial charge < -0.3 is 10.5 Å². The first-order chi connectivity index (χ1) is 9.73. The van der Waals surface area contributed by atoms with Crippen LogP contribution in [0.1, 0.15) is 39.2 Å².